The van der Waals surface area contributed by atoms with Gasteiger partial charge in [-0.3, -0.25) is 11.3 Å². The fourth-order valence-corrected chi connectivity index (χ4v) is 0.943. The third-order valence-corrected chi connectivity index (χ3v) is 1.83. The number of rotatable bonds is 8. The average molecular weight is 343 g/mol. The number of nitrogens with two attached hydrogens (primary N) is 3. The van der Waals surface area contributed by atoms with Crippen molar-refractivity contribution >= 4 is 0 Å². The summed E-state index contributed by atoms with van der Waals surface area (Å²) in [4.78, 5) is 16.2. The van der Waals surface area contributed by atoms with Crippen LogP contribution in [0.25, 0.3) is 0 Å². The van der Waals surface area contributed by atoms with Crippen molar-refractivity contribution in [1.82, 2.24) is 10.7 Å². The van der Waals surface area contributed by atoms with Gasteiger partial charge in [0.25, 0.3) is 0 Å². The monoisotopic (exact) mass is 343 g/mol. The van der Waals surface area contributed by atoms with E-state index in [4.69, 9.17) is 37.5 Å². The first-order valence-electron chi connectivity index (χ1n) is 7.43. The van der Waals surface area contributed by atoms with Crippen molar-refractivity contribution in [1.29, 1.82) is 0 Å². The summed E-state index contributed by atoms with van der Waals surface area (Å²) in [7, 11) is 3.75. The SMILES string of the molecule is CCCCCNN.CNC.NCCCCCN.O=NO.O=NO. The number of nitrogens with one attached hydrogen (secondary N) is 2. The minimum atomic E-state index is 0.806. The zero-order valence-electron chi connectivity index (χ0n) is 14.7. The first kappa shape index (κ1) is 33.3. The Hall–Kier alpha value is -1.40. The summed E-state index contributed by atoms with van der Waals surface area (Å²) in [5, 5.41) is 18.5. The van der Waals surface area contributed by atoms with E-state index in [1.807, 2.05) is 14.1 Å². The van der Waals surface area contributed by atoms with Crippen LogP contribution in [0, 0.1) is 9.81 Å². The van der Waals surface area contributed by atoms with Crippen LogP contribution in [0.5, 0.6) is 0 Å². The fraction of sp³-hybridized carbons (Fsp3) is 1.00. The van der Waals surface area contributed by atoms with E-state index in [0.29, 0.717) is 0 Å². The van der Waals surface area contributed by atoms with Gasteiger partial charge >= 0.3 is 0 Å². The van der Waals surface area contributed by atoms with Crippen molar-refractivity contribution in [2.75, 3.05) is 33.7 Å². The Kier molecular flexibility index (Phi) is 85.1. The summed E-state index contributed by atoms with van der Waals surface area (Å²) in [5.74, 6) is 5.02. The van der Waals surface area contributed by atoms with Gasteiger partial charge in [-0.2, -0.15) is 0 Å². The van der Waals surface area contributed by atoms with Gasteiger partial charge in [-0.15, -0.1) is 9.81 Å². The summed E-state index contributed by atoms with van der Waals surface area (Å²) >= 11 is 0. The van der Waals surface area contributed by atoms with Gasteiger partial charge in [0.1, 0.15) is 0 Å². The van der Waals surface area contributed by atoms with Gasteiger partial charge < -0.3 is 27.2 Å². The maximum absolute atomic E-state index is 8.11. The van der Waals surface area contributed by atoms with Gasteiger partial charge in [-0.05, 0) is 46.4 Å². The molecule has 0 fully saturated rings. The van der Waals surface area contributed by atoms with Crippen LogP contribution in [0.15, 0.2) is 10.7 Å². The van der Waals surface area contributed by atoms with E-state index < -0.39 is 0 Å². The van der Waals surface area contributed by atoms with Crippen LogP contribution in [0.1, 0.15) is 45.4 Å². The Morgan fingerprint density at radius 2 is 1.22 bits per heavy atom. The largest absolute Gasteiger partial charge is 0.379 e. The van der Waals surface area contributed by atoms with Gasteiger partial charge in [-0.1, -0.05) is 26.2 Å². The molecule has 0 aliphatic carbocycles. The Labute approximate surface area is 139 Å². The van der Waals surface area contributed by atoms with Gasteiger partial charge in [0.05, 0.1) is 0 Å². The van der Waals surface area contributed by atoms with Crippen LogP contribution < -0.4 is 28.1 Å². The zero-order chi connectivity index (χ0) is 19.2. The summed E-state index contributed by atoms with van der Waals surface area (Å²) < 4.78 is 0. The molecule has 0 rings (SSSR count). The lowest BCUT2D eigenvalue weighted by atomic mass is 10.2. The molecule has 0 bridgehead atoms. The second-order valence-electron chi connectivity index (χ2n) is 3.96. The second kappa shape index (κ2) is 58.8. The topological polar surface area (TPSA) is 201 Å². The molecule has 0 unspecified atom stereocenters. The molecule has 0 aliphatic rings. The number of hydrogen-bond acceptors (Lipinski definition) is 9. The second-order valence-corrected chi connectivity index (χ2v) is 3.96. The molecule has 0 amide bonds. The van der Waals surface area contributed by atoms with Crippen molar-refractivity contribution in [3.63, 3.8) is 0 Å². The molecule has 0 aromatic rings. The molecule has 0 aromatic carbocycles. The molecule has 144 valence electrons. The molecule has 11 nitrogen and oxygen atoms in total. The highest BCUT2D eigenvalue weighted by Crippen LogP contribution is 1.89. The smallest absolute Gasteiger partial charge is 0.152 e. The fourth-order valence-electron chi connectivity index (χ4n) is 0.943. The van der Waals surface area contributed by atoms with Crippen molar-refractivity contribution in [3.8, 4) is 0 Å². The first-order valence-corrected chi connectivity index (χ1v) is 7.43. The Balaban J connectivity index is -0.0000000630. The molecule has 23 heavy (non-hydrogen) atoms. The predicted octanol–water partition coefficient (Wildman–Crippen LogP) is 0.834. The molecule has 0 aliphatic heterocycles. The van der Waals surface area contributed by atoms with E-state index in [2.05, 4.69) is 17.7 Å². The lowest BCUT2D eigenvalue weighted by Gasteiger charge is -1.93. The molecule has 11 heteroatoms. The van der Waals surface area contributed by atoms with Crippen LogP contribution in [0.3, 0.4) is 0 Å². The molecule has 0 atom stereocenters. The van der Waals surface area contributed by atoms with Crippen molar-refractivity contribution in [3.05, 3.63) is 9.81 Å². The first-order chi connectivity index (χ1) is 11.1. The van der Waals surface area contributed by atoms with Gasteiger partial charge in [0.2, 0.25) is 0 Å². The lowest BCUT2D eigenvalue weighted by Crippen LogP contribution is -2.22. The van der Waals surface area contributed by atoms with Gasteiger partial charge in [-0.25, -0.2) is 0 Å². The quantitative estimate of drug-likeness (QED) is 0.144. The molecule has 0 aromatic heterocycles. The van der Waals surface area contributed by atoms with E-state index in [1.54, 1.807) is 0 Å². The van der Waals surface area contributed by atoms with Gasteiger partial charge in [0.15, 0.2) is 10.7 Å². The van der Waals surface area contributed by atoms with E-state index in [-0.39, 0.29) is 0 Å². The number of unbranched alkanes of at least 4 members (excludes halogenated alkanes) is 4. The summed E-state index contributed by atoms with van der Waals surface area (Å²) in [6.07, 6.45) is 7.18. The van der Waals surface area contributed by atoms with Crippen LogP contribution in [-0.4, -0.2) is 44.1 Å². The summed E-state index contributed by atoms with van der Waals surface area (Å²) in [6, 6.07) is 0. The third-order valence-electron chi connectivity index (χ3n) is 1.83. The van der Waals surface area contributed by atoms with E-state index in [0.717, 1.165) is 32.5 Å². The van der Waals surface area contributed by atoms with Crippen LogP contribution >= 0.6 is 0 Å². The van der Waals surface area contributed by atoms with Crippen molar-refractivity contribution < 1.29 is 10.4 Å². The van der Waals surface area contributed by atoms with E-state index >= 15 is 0 Å². The zero-order valence-corrected chi connectivity index (χ0v) is 14.7. The predicted molar refractivity (Wildman–Crippen MR) is 93.8 cm³/mol. The Morgan fingerprint density at radius 1 is 0.870 bits per heavy atom. The number of hydrazine groups is 1. The summed E-state index contributed by atoms with van der Waals surface area (Å²) in [6.45, 7) is 4.74. The standard InChI is InChI=1S/2C5H14N2.C2H7N.2HNO2/c1-2-3-4-5-7-6;6-4-2-1-3-5-7;1-3-2;2*2-1-3/h7H,2-6H2,1H3;1-7H2;3H,1-2H3;2*(H,2,3). The third kappa shape index (κ3) is 164. The van der Waals surface area contributed by atoms with Crippen LogP contribution in [0.4, 0.5) is 0 Å². The maximum atomic E-state index is 8.11. The molecule has 0 heterocycles. The molecule has 10 N–H and O–H groups in total. The Morgan fingerprint density at radius 3 is 1.43 bits per heavy atom. The minimum Gasteiger partial charge on any atom is -0.379 e. The highest BCUT2D eigenvalue weighted by Gasteiger charge is 1.80. The highest BCUT2D eigenvalue weighted by molar-refractivity contribution is 4.41. The molecule has 0 saturated carbocycles. The van der Waals surface area contributed by atoms with Gasteiger partial charge in [0, 0.05) is 6.54 Å². The molecular formula is C12H37N7O4. The molecule has 0 radical (unpaired) electrons. The molecular weight excluding hydrogens is 306 g/mol. The highest BCUT2D eigenvalue weighted by atomic mass is 16.6. The normalized spacial score (nSPS) is 7.57. The van der Waals surface area contributed by atoms with Crippen molar-refractivity contribution in [2.24, 2.45) is 28.0 Å². The van der Waals surface area contributed by atoms with E-state index in [9.17, 15) is 0 Å². The van der Waals surface area contributed by atoms with Crippen LogP contribution in [0.2, 0.25) is 0 Å². The Bertz CT molecular complexity index is 144. The minimum absolute atomic E-state index is 0.806. The molecule has 0 saturated heterocycles. The number of hydrogen-bond donors (Lipinski definition) is 7. The maximum Gasteiger partial charge on any atom is 0.152 e. The number of nitrogens with zero attached hydrogens (tertiary/aromatic N) is 2. The van der Waals surface area contributed by atoms with Crippen LogP contribution in [-0.2, 0) is 0 Å². The molecule has 0 spiro atoms. The average Bonchev–Trinajstić information content (AvgIpc) is 2.51. The summed E-state index contributed by atoms with van der Waals surface area (Å²) in [5.41, 5.74) is 13.1. The lowest BCUT2D eigenvalue weighted by molar-refractivity contribution is 0.312. The van der Waals surface area contributed by atoms with Crippen molar-refractivity contribution in [2.45, 2.75) is 45.4 Å². The van der Waals surface area contributed by atoms with E-state index in [1.165, 1.54) is 36.4 Å².